The highest BCUT2D eigenvalue weighted by Crippen LogP contribution is 2.20. The van der Waals surface area contributed by atoms with Crippen molar-refractivity contribution in [3.05, 3.63) is 23.4 Å². The SMILES string of the molecule is Cc1ccnc(OCC(C)(C)N(C)C)c1CN. The Kier molecular flexibility index (Phi) is 4.48. The molecule has 0 bridgehead atoms. The zero-order chi connectivity index (χ0) is 13.1. The van der Waals surface area contributed by atoms with Gasteiger partial charge >= 0.3 is 0 Å². The summed E-state index contributed by atoms with van der Waals surface area (Å²) in [6.45, 7) is 7.32. The molecule has 4 nitrogen and oxygen atoms in total. The van der Waals surface area contributed by atoms with Crippen molar-refractivity contribution in [3.63, 3.8) is 0 Å². The van der Waals surface area contributed by atoms with Gasteiger partial charge in [-0.1, -0.05) is 0 Å². The average Bonchev–Trinajstić information content (AvgIpc) is 2.26. The van der Waals surface area contributed by atoms with Crippen LogP contribution in [0.15, 0.2) is 12.3 Å². The van der Waals surface area contributed by atoms with Crippen molar-refractivity contribution in [2.75, 3.05) is 20.7 Å². The van der Waals surface area contributed by atoms with Crippen molar-refractivity contribution in [3.8, 4) is 5.88 Å². The summed E-state index contributed by atoms with van der Waals surface area (Å²) in [4.78, 5) is 6.38. The van der Waals surface area contributed by atoms with Gasteiger partial charge in [0.15, 0.2) is 0 Å². The summed E-state index contributed by atoms with van der Waals surface area (Å²) < 4.78 is 5.80. The lowest BCUT2D eigenvalue weighted by atomic mass is 10.1. The van der Waals surface area contributed by atoms with Crippen molar-refractivity contribution >= 4 is 0 Å². The molecule has 0 radical (unpaired) electrons. The van der Waals surface area contributed by atoms with Crippen molar-refractivity contribution in [2.24, 2.45) is 5.73 Å². The lowest BCUT2D eigenvalue weighted by Crippen LogP contribution is -2.43. The fraction of sp³-hybridized carbons (Fsp3) is 0.615. The van der Waals surface area contributed by atoms with Gasteiger partial charge in [0.25, 0.3) is 0 Å². The third kappa shape index (κ3) is 3.41. The number of nitrogens with zero attached hydrogens (tertiary/aromatic N) is 2. The number of hydrogen-bond acceptors (Lipinski definition) is 4. The highest BCUT2D eigenvalue weighted by Gasteiger charge is 2.22. The zero-order valence-electron chi connectivity index (χ0n) is 11.4. The Morgan fingerprint density at radius 3 is 2.59 bits per heavy atom. The van der Waals surface area contributed by atoms with E-state index in [1.165, 1.54) is 0 Å². The number of nitrogens with two attached hydrogens (primary N) is 1. The molecule has 1 aromatic rings. The normalized spacial score (nSPS) is 11.9. The molecule has 0 aliphatic heterocycles. The zero-order valence-corrected chi connectivity index (χ0v) is 11.4. The molecule has 4 heteroatoms. The van der Waals surface area contributed by atoms with Gasteiger partial charge in [-0.2, -0.15) is 0 Å². The Bertz CT molecular complexity index is 375. The minimum atomic E-state index is -0.0305. The van der Waals surface area contributed by atoms with Crippen molar-refractivity contribution in [1.29, 1.82) is 0 Å². The Morgan fingerprint density at radius 1 is 1.41 bits per heavy atom. The van der Waals surface area contributed by atoms with Gasteiger partial charge in [-0.15, -0.1) is 0 Å². The fourth-order valence-electron chi connectivity index (χ4n) is 1.31. The first-order chi connectivity index (χ1) is 7.88. The number of likely N-dealkylation sites (N-methyl/N-ethyl adjacent to an activating group) is 1. The molecule has 0 unspecified atom stereocenters. The highest BCUT2D eigenvalue weighted by molar-refractivity contribution is 5.33. The van der Waals surface area contributed by atoms with E-state index in [-0.39, 0.29) is 5.54 Å². The van der Waals surface area contributed by atoms with Crippen LogP contribution >= 0.6 is 0 Å². The van der Waals surface area contributed by atoms with Crippen LogP contribution in [-0.4, -0.2) is 36.1 Å². The number of aryl methyl sites for hydroxylation is 1. The van der Waals surface area contributed by atoms with Crippen LogP contribution < -0.4 is 10.5 Å². The minimum absolute atomic E-state index is 0.0305. The quantitative estimate of drug-likeness (QED) is 0.844. The van der Waals surface area contributed by atoms with Crippen molar-refractivity contribution in [2.45, 2.75) is 32.9 Å². The molecule has 0 amide bonds. The van der Waals surface area contributed by atoms with Crippen LogP contribution in [0.5, 0.6) is 5.88 Å². The van der Waals surface area contributed by atoms with Gasteiger partial charge in [0.2, 0.25) is 5.88 Å². The second-order valence-corrected chi connectivity index (χ2v) is 5.11. The highest BCUT2D eigenvalue weighted by atomic mass is 16.5. The van der Waals surface area contributed by atoms with Crippen LogP contribution in [0.2, 0.25) is 0 Å². The average molecular weight is 237 g/mol. The van der Waals surface area contributed by atoms with E-state index in [1.54, 1.807) is 6.20 Å². The summed E-state index contributed by atoms with van der Waals surface area (Å²) >= 11 is 0. The Balaban J connectivity index is 2.79. The maximum absolute atomic E-state index is 5.80. The third-order valence-electron chi connectivity index (χ3n) is 3.23. The summed E-state index contributed by atoms with van der Waals surface area (Å²) in [5, 5.41) is 0. The maximum atomic E-state index is 5.80. The molecule has 0 fully saturated rings. The van der Waals surface area contributed by atoms with Crippen LogP contribution in [-0.2, 0) is 6.54 Å². The van der Waals surface area contributed by atoms with Crippen LogP contribution in [0, 0.1) is 6.92 Å². The smallest absolute Gasteiger partial charge is 0.218 e. The summed E-state index contributed by atoms with van der Waals surface area (Å²) in [6.07, 6.45) is 1.76. The predicted octanol–water partition coefficient (Wildman–Crippen LogP) is 1.57. The molecular weight excluding hydrogens is 214 g/mol. The van der Waals surface area contributed by atoms with E-state index >= 15 is 0 Å². The second-order valence-electron chi connectivity index (χ2n) is 5.11. The molecule has 17 heavy (non-hydrogen) atoms. The first-order valence-electron chi connectivity index (χ1n) is 5.83. The van der Waals surface area contributed by atoms with Crippen molar-refractivity contribution in [1.82, 2.24) is 9.88 Å². The van der Waals surface area contributed by atoms with Gasteiger partial charge in [-0.05, 0) is 46.5 Å². The molecule has 0 saturated carbocycles. The van der Waals surface area contributed by atoms with E-state index in [0.29, 0.717) is 19.0 Å². The first-order valence-corrected chi connectivity index (χ1v) is 5.83. The minimum Gasteiger partial charge on any atom is -0.475 e. The van der Waals surface area contributed by atoms with Gasteiger partial charge in [0, 0.05) is 23.8 Å². The third-order valence-corrected chi connectivity index (χ3v) is 3.23. The number of aromatic nitrogens is 1. The molecule has 0 atom stereocenters. The molecule has 0 saturated heterocycles. The van der Waals surface area contributed by atoms with Crippen molar-refractivity contribution < 1.29 is 4.74 Å². The van der Waals surface area contributed by atoms with Gasteiger partial charge < -0.3 is 15.4 Å². The first kappa shape index (κ1) is 13.9. The lowest BCUT2D eigenvalue weighted by Gasteiger charge is -2.32. The van der Waals surface area contributed by atoms with E-state index < -0.39 is 0 Å². The molecule has 0 aliphatic carbocycles. The summed E-state index contributed by atoms with van der Waals surface area (Å²) in [6, 6.07) is 1.95. The number of pyridine rings is 1. The molecule has 0 aliphatic rings. The number of hydrogen-bond donors (Lipinski definition) is 1. The fourth-order valence-corrected chi connectivity index (χ4v) is 1.31. The monoisotopic (exact) mass is 237 g/mol. The van der Waals surface area contributed by atoms with E-state index in [9.17, 15) is 0 Å². The van der Waals surface area contributed by atoms with E-state index in [2.05, 4.69) is 23.7 Å². The molecular formula is C13H23N3O. The molecule has 96 valence electrons. The van der Waals surface area contributed by atoms with Gasteiger partial charge in [-0.3, -0.25) is 0 Å². The van der Waals surface area contributed by atoms with Gasteiger partial charge in [0.1, 0.15) is 6.61 Å². The van der Waals surface area contributed by atoms with Crippen LogP contribution in [0.1, 0.15) is 25.0 Å². The standard InChI is InChI=1S/C13H23N3O/c1-10-6-7-15-12(11(10)8-14)17-9-13(2,3)16(4)5/h6-7H,8-9,14H2,1-5H3. The molecule has 0 spiro atoms. The topological polar surface area (TPSA) is 51.4 Å². The maximum Gasteiger partial charge on any atom is 0.218 e. The predicted molar refractivity (Wildman–Crippen MR) is 70.1 cm³/mol. The molecule has 1 heterocycles. The van der Waals surface area contributed by atoms with Crippen LogP contribution in [0.3, 0.4) is 0 Å². The summed E-state index contributed by atoms with van der Waals surface area (Å²) in [5.41, 5.74) is 7.80. The lowest BCUT2D eigenvalue weighted by molar-refractivity contribution is 0.110. The Hall–Kier alpha value is -1.13. The summed E-state index contributed by atoms with van der Waals surface area (Å²) in [7, 11) is 4.08. The number of ether oxygens (including phenoxy) is 1. The summed E-state index contributed by atoms with van der Waals surface area (Å²) in [5.74, 6) is 0.655. The van der Waals surface area contributed by atoms with Crippen LogP contribution in [0.25, 0.3) is 0 Å². The molecule has 1 aromatic heterocycles. The Morgan fingerprint density at radius 2 is 2.06 bits per heavy atom. The largest absolute Gasteiger partial charge is 0.475 e. The molecule has 1 rings (SSSR count). The van der Waals surface area contributed by atoms with Gasteiger partial charge in [0.05, 0.1) is 0 Å². The molecule has 2 N–H and O–H groups in total. The van der Waals surface area contributed by atoms with Crippen LogP contribution in [0.4, 0.5) is 0 Å². The Labute approximate surface area is 104 Å². The number of rotatable bonds is 5. The van der Waals surface area contributed by atoms with E-state index in [1.807, 2.05) is 27.1 Å². The van der Waals surface area contributed by atoms with E-state index in [4.69, 9.17) is 10.5 Å². The van der Waals surface area contributed by atoms with E-state index in [0.717, 1.165) is 11.1 Å². The molecule has 0 aromatic carbocycles. The second kappa shape index (κ2) is 5.47. The van der Waals surface area contributed by atoms with Gasteiger partial charge in [-0.25, -0.2) is 4.98 Å².